The van der Waals surface area contributed by atoms with E-state index in [1.54, 1.807) is 0 Å². The van der Waals surface area contributed by atoms with Crippen LogP contribution in [0.1, 0.15) is 32.3 Å². The highest BCUT2D eigenvalue weighted by atomic mass is 14.6. The fourth-order valence-corrected chi connectivity index (χ4v) is 1.57. The van der Waals surface area contributed by atoms with E-state index >= 15 is 0 Å². The highest BCUT2D eigenvalue weighted by Crippen LogP contribution is 2.11. The van der Waals surface area contributed by atoms with Crippen molar-refractivity contribution in [2.45, 2.75) is 39.2 Å². The molecule has 0 amide bonds. The van der Waals surface area contributed by atoms with Gasteiger partial charge in [-0.1, -0.05) is 50.6 Å². The summed E-state index contributed by atoms with van der Waals surface area (Å²) in [6.07, 6.45) is 3.38. The second-order valence-corrected chi connectivity index (χ2v) is 4.07. The molecule has 1 aromatic carbocycles. The molecule has 0 fully saturated rings. The van der Waals surface area contributed by atoms with Gasteiger partial charge in [-0.3, -0.25) is 0 Å². The fraction of sp³-hybridized carbons (Fsp3) is 0.538. The molecular formula is C13H21N. The van der Waals surface area contributed by atoms with Crippen molar-refractivity contribution in [3.8, 4) is 0 Å². The molecule has 0 saturated carbocycles. The average molecular weight is 191 g/mol. The predicted octanol–water partition coefficient (Wildman–Crippen LogP) is 2.99. The monoisotopic (exact) mass is 191 g/mol. The summed E-state index contributed by atoms with van der Waals surface area (Å²) in [5, 5.41) is 0. The lowest BCUT2D eigenvalue weighted by atomic mass is 9.94. The molecule has 1 nitrogen and oxygen atoms in total. The predicted molar refractivity (Wildman–Crippen MR) is 62.2 cm³/mol. The van der Waals surface area contributed by atoms with Crippen molar-refractivity contribution in [2.75, 3.05) is 0 Å². The van der Waals surface area contributed by atoms with Crippen molar-refractivity contribution in [3.63, 3.8) is 0 Å². The molecule has 1 aromatic rings. The van der Waals surface area contributed by atoms with Gasteiger partial charge in [0.2, 0.25) is 0 Å². The molecular weight excluding hydrogens is 170 g/mol. The van der Waals surface area contributed by atoms with Gasteiger partial charge in [0.05, 0.1) is 0 Å². The van der Waals surface area contributed by atoms with Gasteiger partial charge in [0.1, 0.15) is 0 Å². The molecule has 0 aliphatic carbocycles. The van der Waals surface area contributed by atoms with Crippen molar-refractivity contribution in [1.29, 1.82) is 0 Å². The molecule has 1 heteroatoms. The van der Waals surface area contributed by atoms with Gasteiger partial charge in [-0.25, -0.2) is 0 Å². The average Bonchev–Trinajstić information content (AvgIpc) is 2.26. The molecule has 2 N–H and O–H groups in total. The van der Waals surface area contributed by atoms with E-state index in [1.807, 2.05) is 0 Å². The van der Waals surface area contributed by atoms with Crippen LogP contribution in [-0.4, -0.2) is 6.04 Å². The van der Waals surface area contributed by atoms with Crippen LogP contribution in [0.3, 0.4) is 0 Å². The highest BCUT2D eigenvalue weighted by Gasteiger charge is 2.09. The summed E-state index contributed by atoms with van der Waals surface area (Å²) in [6, 6.07) is 10.9. The Morgan fingerprint density at radius 2 is 1.86 bits per heavy atom. The zero-order valence-corrected chi connectivity index (χ0v) is 9.24. The van der Waals surface area contributed by atoms with Gasteiger partial charge in [0.25, 0.3) is 0 Å². The first-order valence-electron chi connectivity index (χ1n) is 5.53. The normalized spacial score (nSPS) is 15.1. The topological polar surface area (TPSA) is 26.0 Å². The summed E-state index contributed by atoms with van der Waals surface area (Å²) in [6.45, 7) is 4.43. The van der Waals surface area contributed by atoms with Crippen LogP contribution >= 0.6 is 0 Å². The summed E-state index contributed by atoms with van der Waals surface area (Å²) < 4.78 is 0. The fourth-order valence-electron chi connectivity index (χ4n) is 1.57. The second-order valence-electron chi connectivity index (χ2n) is 4.07. The van der Waals surface area contributed by atoms with Crippen LogP contribution in [0.2, 0.25) is 0 Å². The largest absolute Gasteiger partial charge is 0.327 e. The zero-order valence-electron chi connectivity index (χ0n) is 9.24. The number of hydrogen-bond acceptors (Lipinski definition) is 1. The minimum Gasteiger partial charge on any atom is -0.327 e. The maximum atomic E-state index is 6.08. The van der Waals surface area contributed by atoms with E-state index < -0.39 is 0 Å². The molecule has 0 bridgehead atoms. The van der Waals surface area contributed by atoms with Crippen molar-refractivity contribution >= 4 is 0 Å². The van der Waals surface area contributed by atoms with Crippen LogP contribution in [-0.2, 0) is 6.42 Å². The summed E-state index contributed by atoms with van der Waals surface area (Å²) in [5.74, 6) is 0.638. The molecule has 78 valence electrons. The van der Waals surface area contributed by atoms with Gasteiger partial charge in [-0.15, -0.1) is 0 Å². The molecule has 2 unspecified atom stereocenters. The third kappa shape index (κ3) is 3.51. The van der Waals surface area contributed by atoms with Crippen LogP contribution in [0.5, 0.6) is 0 Å². The van der Waals surface area contributed by atoms with E-state index in [0.717, 1.165) is 12.8 Å². The molecule has 2 atom stereocenters. The van der Waals surface area contributed by atoms with Crippen LogP contribution in [0.15, 0.2) is 30.3 Å². The summed E-state index contributed by atoms with van der Waals surface area (Å²) >= 11 is 0. The van der Waals surface area contributed by atoms with E-state index in [2.05, 4.69) is 44.2 Å². The Morgan fingerprint density at radius 3 is 2.43 bits per heavy atom. The second kappa shape index (κ2) is 5.82. The van der Waals surface area contributed by atoms with E-state index in [1.165, 1.54) is 12.0 Å². The molecule has 0 heterocycles. The minimum atomic E-state index is 0.347. The van der Waals surface area contributed by atoms with Gasteiger partial charge in [0.15, 0.2) is 0 Å². The number of rotatable bonds is 5. The maximum absolute atomic E-state index is 6.08. The molecule has 0 aliphatic rings. The van der Waals surface area contributed by atoms with E-state index in [9.17, 15) is 0 Å². The first-order valence-corrected chi connectivity index (χ1v) is 5.53. The van der Waals surface area contributed by atoms with Crippen molar-refractivity contribution in [2.24, 2.45) is 11.7 Å². The number of benzene rings is 1. The van der Waals surface area contributed by atoms with Gasteiger partial charge in [-0.2, -0.15) is 0 Å². The molecule has 1 rings (SSSR count). The number of hydrogen-bond donors (Lipinski definition) is 1. The standard InChI is InChI=1S/C13H21N/c1-3-11(2)13(14)10-9-12-7-5-4-6-8-12/h4-8,11,13H,3,9-10,14H2,1-2H3. The molecule has 0 saturated heterocycles. The third-order valence-electron chi connectivity index (χ3n) is 2.98. The summed E-state index contributed by atoms with van der Waals surface area (Å²) in [5.41, 5.74) is 7.47. The molecule has 0 radical (unpaired) electrons. The summed E-state index contributed by atoms with van der Waals surface area (Å²) in [7, 11) is 0. The van der Waals surface area contributed by atoms with Gasteiger partial charge in [0, 0.05) is 6.04 Å². The Morgan fingerprint density at radius 1 is 1.21 bits per heavy atom. The first kappa shape index (κ1) is 11.3. The third-order valence-corrected chi connectivity index (χ3v) is 2.98. The Bertz CT molecular complexity index is 243. The smallest absolute Gasteiger partial charge is 0.00675 e. The Balaban J connectivity index is 2.34. The van der Waals surface area contributed by atoms with E-state index in [0.29, 0.717) is 12.0 Å². The van der Waals surface area contributed by atoms with Crippen LogP contribution in [0.4, 0.5) is 0 Å². The van der Waals surface area contributed by atoms with Gasteiger partial charge >= 0.3 is 0 Å². The van der Waals surface area contributed by atoms with Crippen LogP contribution in [0.25, 0.3) is 0 Å². The van der Waals surface area contributed by atoms with Gasteiger partial charge in [-0.05, 0) is 24.3 Å². The van der Waals surface area contributed by atoms with E-state index in [-0.39, 0.29) is 0 Å². The molecule has 0 aromatic heterocycles. The summed E-state index contributed by atoms with van der Waals surface area (Å²) in [4.78, 5) is 0. The Kier molecular flexibility index (Phi) is 4.68. The molecule has 14 heavy (non-hydrogen) atoms. The van der Waals surface area contributed by atoms with Crippen LogP contribution < -0.4 is 5.73 Å². The molecule has 0 spiro atoms. The lowest BCUT2D eigenvalue weighted by Gasteiger charge is -2.17. The molecule has 0 aliphatic heterocycles. The quantitative estimate of drug-likeness (QED) is 0.760. The number of nitrogens with two attached hydrogens (primary N) is 1. The SMILES string of the molecule is CCC(C)C(N)CCc1ccccc1. The highest BCUT2D eigenvalue weighted by molar-refractivity contribution is 5.14. The lowest BCUT2D eigenvalue weighted by Crippen LogP contribution is -2.28. The Labute approximate surface area is 87.3 Å². The van der Waals surface area contributed by atoms with E-state index in [4.69, 9.17) is 5.73 Å². The van der Waals surface area contributed by atoms with Gasteiger partial charge < -0.3 is 5.73 Å². The zero-order chi connectivity index (χ0) is 10.4. The minimum absolute atomic E-state index is 0.347. The van der Waals surface area contributed by atoms with Crippen molar-refractivity contribution in [3.05, 3.63) is 35.9 Å². The lowest BCUT2D eigenvalue weighted by molar-refractivity contribution is 0.420. The number of aryl methyl sites for hydroxylation is 1. The Hall–Kier alpha value is -0.820. The maximum Gasteiger partial charge on any atom is 0.00675 e. The first-order chi connectivity index (χ1) is 6.74. The van der Waals surface area contributed by atoms with Crippen molar-refractivity contribution in [1.82, 2.24) is 0 Å². The van der Waals surface area contributed by atoms with Crippen molar-refractivity contribution < 1.29 is 0 Å². The van der Waals surface area contributed by atoms with Crippen LogP contribution in [0, 0.1) is 5.92 Å².